The van der Waals surface area contributed by atoms with Crippen LogP contribution in [0.4, 0.5) is 0 Å². The maximum atomic E-state index is 6.43. The molecule has 0 amide bonds. The maximum absolute atomic E-state index is 6.43. The van der Waals surface area contributed by atoms with Gasteiger partial charge in [-0.25, -0.2) is 4.98 Å². The van der Waals surface area contributed by atoms with E-state index in [-0.39, 0.29) is 11.6 Å². The molecule has 3 rings (SSSR count). The molecule has 0 aliphatic carbocycles. The molecule has 2 fully saturated rings. The van der Waals surface area contributed by atoms with Gasteiger partial charge in [-0.15, -0.1) is 0 Å². The normalized spacial score (nSPS) is 28.4. The molecule has 0 aromatic carbocycles. The molecule has 0 saturated carbocycles. The fraction of sp³-hybridized carbons (Fsp3) is 0.786. The average Bonchev–Trinajstić information content (AvgIpc) is 2.85. The second kappa shape index (κ2) is 5.23. The fourth-order valence-corrected chi connectivity index (χ4v) is 3.37. The van der Waals surface area contributed by atoms with E-state index < -0.39 is 0 Å². The van der Waals surface area contributed by atoms with Gasteiger partial charge in [-0.2, -0.15) is 0 Å². The van der Waals surface area contributed by atoms with Gasteiger partial charge >= 0.3 is 0 Å². The zero-order chi connectivity index (χ0) is 13.3. The summed E-state index contributed by atoms with van der Waals surface area (Å²) in [5.41, 5.74) is 6.44. The highest BCUT2D eigenvalue weighted by Gasteiger charge is 2.41. The summed E-state index contributed by atoms with van der Waals surface area (Å²) in [5.74, 6) is 1.43. The van der Waals surface area contributed by atoms with Crippen LogP contribution in [0.5, 0.6) is 0 Å². The topological polar surface area (TPSA) is 62.3 Å². The van der Waals surface area contributed by atoms with Crippen molar-refractivity contribution in [3.8, 4) is 0 Å². The third-order valence-electron chi connectivity index (χ3n) is 4.60. The zero-order valence-electron chi connectivity index (χ0n) is 11.5. The van der Waals surface area contributed by atoms with Gasteiger partial charge in [-0.1, -0.05) is 0 Å². The number of aryl methyl sites for hydroxylation is 1. The summed E-state index contributed by atoms with van der Waals surface area (Å²) in [6, 6.07) is 0.00335. The van der Waals surface area contributed by atoms with Crippen LogP contribution >= 0.6 is 0 Å². The summed E-state index contributed by atoms with van der Waals surface area (Å²) in [6.45, 7) is 2.43. The van der Waals surface area contributed by atoms with Crippen LogP contribution < -0.4 is 5.73 Å². The Kier molecular flexibility index (Phi) is 3.60. The van der Waals surface area contributed by atoms with Crippen molar-refractivity contribution in [2.75, 3.05) is 19.8 Å². The molecule has 0 radical (unpaired) electrons. The van der Waals surface area contributed by atoms with E-state index >= 15 is 0 Å². The van der Waals surface area contributed by atoms with Gasteiger partial charge in [0.05, 0.1) is 11.6 Å². The predicted molar refractivity (Wildman–Crippen MR) is 71.6 cm³/mol. The molecule has 2 N–H and O–H groups in total. The van der Waals surface area contributed by atoms with Gasteiger partial charge in [0.1, 0.15) is 5.82 Å². The number of hydrogen-bond donors (Lipinski definition) is 1. The molecule has 2 aliphatic heterocycles. The van der Waals surface area contributed by atoms with E-state index in [0.717, 1.165) is 51.3 Å². The predicted octanol–water partition coefficient (Wildman–Crippen LogP) is 1.40. The molecular formula is C14H23N3O2. The summed E-state index contributed by atoms with van der Waals surface area (Å²) in [4.78, 5) is 4.40. The van der Waals surface area contributed by atoms with Gasteiger partial charge < -0.3 is 19.8 Å². The van der Waals surface area contributed by atoms with Crippen LogP contribution in [-0.2, 0) is 16.5 Å². The van der Waals surface area contributed by atoms with Crippen molar-refractivity contribution in [2.24, 2.45) is 18.7 Å². The highest BCUT2D eigenvalue weighted by molar-refractivity contribution is 5.02. The molecule has 5 heteroatoms. The molecule has 1 aromatic heterocycles. The average molecular weight is 265 g/mol. The van der Waals surface area contributed by atoms with E-state index in [1.807, 2.05) is 24.0 Å². The fourth-order valence-electron chi connectivity index (χ4n) is 3.37. The van der Waals surface area contributed by atoms with Gasteiger partial charge in [-0.05, 0) is 31.6 Å². The summed E-state index contributed by atoms with van der Waals surface area (Å²) < 4.78 is 13.6. The van der Waals surface area contributed by atoms with E-state index in [2.05, 4.69) is 4.98 Å². The Morgan fingerprint density at radius 3 is 2.89 bits per heavy atom. The molecular weight excluding hydrogens is 242 g/mol. The monoisotopic (exact) mass is 265 g/mol. The van der Waals surface area contributed by atoms with Crippen LogP contribution in [0.1, 0.15) is 37.5 Å². The molecule has 1 aromatic rings. The third-order valence-corrected chi connectivity index (χ3v) is 4.60. The van der Waals surface area contributed by atoms with Crippen molar-refractivity contribution in [3.05, 3.63) is 18.2 Å². The first kappa shape index (κ1) is 13.1. The van der Waals surface area contributed by atoms with Crippen LogP contribution in [0.25, 0.3) is 0 Å². The number of rotatable bonds is 2. The minimum atomic E-state index is 0.00335. The van der Waals surface area contributed by atoms with E-state index in [9.17, 15) is 0 Å². The number of nitrogens with two attached hydrogens (primary N) is 1. The molecule has 0 bridgehead atoms. The largest absolute Gasteiger partial charge is 0.381 e. The molecule has 3 heterocycles. The van der Waals surface area contributed by atoms with E-state index in [1.54, 1.807) is 0 Å². The molecule has 5 nitrogen and oxygen atoms in total. The maximum Gasteiger partial charge on any atom is 0.125 e. The molecule has 1 spiro atoms. The Morgan fingerprint density at radius 2 is 2.21 bits per heavy atom. The van der Waals surface area contributed by atoms with Crippen molar-refractivity contribution in [3.63, 3.8) is 0 Å². The van der Waals surface area contributed by atoms with E-state index in [4.69, 9.17) is 15.2 Å². The van der Waals surface area contributed by atoms with Crippen molar-refractivity contribution in [1.29, 1.82) is 0 Å². The molecule has 2 aliphatic rings. The number of nitrogens with zero attached hydrogens (tertiary/aromatic N) is 2. The Morgan fingerprint density at radius 1 is 1.42 bits per heavy atom. The first-order valence-corrected chi connectivity index (χ1v) is 7.15. The van der Waals surface area contributed by atoms with Crippen LogP contribution in [-0.4, -0.2) is 35.0 Å². The minimum absolute atomic E-state index is 0.00335. The minimum Gasteiger partial charge on any atom is -0.381 e. The Bertz CT molecular complexity index is 421. The molecule has 19 heavy (non-hydrogen) atoms. The zero-order valence-corrected chi connectivity index (χ0v) is 11.5. The van der Waals surface area contributed by atoms with Crippen LogP contribution in [0.3, 0.4) is 0 Å². The second-order valence-electron chi connectivity index (χ2n) is 5.82. The number of ether oxygens (including phenoxy) is 2. The van der Waals surface area contributed by atoms with Crippen molar-refractivity contribution >= 4 is 0 Å². The Hall–Kier alpha value is -0.910. The molecule has 2 unspecified atom stereocenters. The lowest BCUT2D eigenvalue weighted by Crippen LogP contribution is -2.46. The van der Waals surface area contributed by atoms with Gasteiger partial charge in [0, 0.05) is 39.3 Å². The highest BCUT2D eigenvalue weighted by atomic mass is 16.5. The van der Waals surface area contributed by atoms with Crippen molar-refractivity contribution in [1.82, 2.24) is 9.55 Å². The lowest BCUT2D eigenvalue weighted by Gasteiger charge is -2.44. The van der Waals surface area contributed by atoms with Gasteiger partial charge in [0.25, 0.3) is 0 Å². The van der Waals surface area contributed by atoms with Gasteiger partial charge in [0.2, 0.25) is 0 Å². The highest BCUT2D eigenvalue weighted by Crippen LogP contribution is 2.40. The standard InChI is InChI=1S/C14H23N3O2/c1-17-6-5-16-13(17)12(15)11-2-7-19-14(10-11)3-8-18-9-4-14/h5-6,11-12H,2-4,7-10,15H2,1H3. The smallest absolute Gasteiger partial charge is 0.125 e. The summed E-state index contributed by atoms with van der Waals surface area (Å²) >= 11 is 0. The molecule has 2 saturated heterocycles. The summed E-state index contributed by atoms with van der Waals surface area (Å²) in [7, 11) is 2.01. The lowest BCUT2D eigenvalue weighted by atomic mass is 9.78. The number of hydrogen-bond acceptors (Lipinski definition) is 4. The number of imidazole rings is 1. The van der Waals surface area contributed by atoms with E-state index in [0.29, 0.717) is 5.92 Å². The molecule has 106 valence electrons. The van der Waals surface area contributed by atoms with Crippen LogP contribution in [0.15, 0.2) is 12.4 Å². The number of aromatic nitrogens is 2. The first-order chi connectivity index (χ1) is 9.20. The van der Waals surface area contributed by atoms with Crippen molar-refractivity contribution in [2.45, 2.75) is 37.3 Å². The second-order valence-corrected chi connectivity index (χ2v) is 5.82. The van der Waals surface area contributed by atoms with E-state index in [1.165, 1.54) is 0 Å². The lowest BCUT2D eigenvalue weighted by molar-refractivity contribution is -0.149. The summed E-state index contributed by atoms with van der Waals surface area (Å²) in [6.07, 6.45) is 7.83. The van der Waals surface area contributed by atoms with Crippen LogP contribution in [0, 0.1) is 5.92 Å². The van der Waals surface area contributed by atoms with Crippen molar-refractivity contribution < 1.29 is 9.47 Å². The van der Waals surface area contributed by atoms with Gasteiger partial charge in [-0.3, -0.25) is 0 Å². The Labute approximate surface area is 114 Å². The molecule has 2 atom stereocenters. The van der Waals surface area contributed by atoms with Crippen LogP contribution in [0.2, 0.25) is 0 Å². The van der Waals surface area contributed by atoms with Gasteiger partial charge in [0.15, 0.2) is 0 Å². The quantitative estimate of drug-likeness (QED) is 0.878. The summed E-state index contributed by atoms with van der Waals surface area (Å²) in [5, 5.41) is 0. The SMILES string of the molecule is Cn1ccnc1C(N)C1CCOC2(CCOCC2)C1. The first-order valence-electron chi connectivity index (χ1n) is 7.15. The Balaban J connectivity index is 1.72. The third kappa shape index (κ3) is 2.55.